The maximum atomic E-state index is 7.57. The van der Waals surface area contributed by atoms with Gasteiger partial charge >= 0.3 is 0 Å². The highest BCUT2D eigenvalue weighted by molar-refractivity contribution is 5.97. The molecule has 0 aliphatic carbocycles. The van der Waals surface area contributed by atoms with Gasteiger partial charge in [-0.2, -0.15) is 0 Å². The van der Waals surface area contributed by atoms with E-state index < -0.39 is 0 Å². The smallest absolute Gasteiger partial charge is 0.0490 e. The number of fused-ring (bicyclic) bond motifs is 1. The molecule has 1 heterocycles. The van der Waals surface area contributed by atoms with Crippen LogP contribution in [0.3, 0.4) is 0 Å². The summed E-state index contributed by atoms with van der Waals surface area (Å²) in [6, 6.07) is 8.29. The summed E-state index contributed by atoms with van der Waals surface area (Å²) in [5.41, 5.74) is 10.6. The average Bonchev–Trinajstić information content (AvgIpc) is 2.98. The van der Waals surface area contributed by atoms with E-state index in [-0.39, 0.29) is 0 Å². The molecule has 3 rings (SSSR count). The molecule has 0 radical (unpaired) electrons. The van der Waals surface area contributed by atoms with Crippen molar-refractivity contribution in [2.24, 2.45) is 0 Å². The molecule has 118 valence electrons. The first kappa shape index (κ1) is 15.5. The van der Waals surface area contributed by atoms with Gasteiger partial charge in [0, 0.05) is 35.4 Å². The predicted molar refractivity (Wildman–Crippen MR) is 99.1 cm³/mol. The third-order valence-corrected chi connectivity index (χ3v) is 5.49. The number of nitrogens with zero attached hydrogens (tertiary/aromatic N) is 1. The van der Waals surface area contributed by atoms with E-state index in [2.05, 4.69) is 57.5 Å². The maximum absolute atomic E-state index is 7.57. The van der Waals surface area contributed by atoms with Crippen LogP contribution >= 0.6 is 0 Å². The first-order valence-electron chi connectivity index (χ1n) is 8.09. The molecule has 0 amide bonds. The van der Waals surface area contributed by atoms with Crippen LogP contribution < -0.4 is 0 Å². The van der Waals surface area contributed by atoms with Gasteiger partial charge in [-0.3, -0.25) is 0 Å². The van der Waals surface area contributed by atoms with E-state index in [1.54, 1.807) is 0 Å². The van der Waals surface area contributed by atoms with Crippen LogP contribution in [0, 0.1) is 40.0 Å². The molecule has 2 heteroatoms. The van der Waals surface area contributed by atoms with Crippen molar-refractivity contribution < 1.29 is 0 Å². The highest BCUT2D eigenvalue weighted by Crippen LogP contribution is 2.28. The second-order valence-electron chi connectivity index (χ2n) is 6.47. The van der Waals surface area contributed by atoms with E-state index in [1.165, 1.54) is 45.1 Å². The van der Waals surface area contributed by atoms with Crippen LogP contribution in [0.15, 0.2) is 30.5 Å². The van der Waals surface area contributed by atoms with Gasteiger partial charge in [-0.1, -0.05) is 12.1 Å². The summed E-state index contributed by atoms with van der Waals surface area (Å²) in [7, 11) is 0. The molecule has 0 aliphatic heterocycles. The number of hydrogen-bond acceptors (Lipinski definition) is 1. The van der Waals surface area contributed by atoms with Crippen LogP contribution in [0.25, 0.3) is 10.9 Å². The normalized spacial score (nSPS) is 11.2. The quantitative estimate of drug-likeness (QED) is 0.642. The molecule has 0 fully saturated rings. The largest absolute Gasteiger partial charge is 0.343 e. The Morgan fingerprint density at radius 2 is 1.48 bits per heavy atom. The van der Waals surface area contributed by atoms with Gasteiger partial charge in [-0.05, 0) is 80.1 Å². The number of benzene rings is 2. The molecule has 2 nitrogen and oxygen atoms in total. The zero-order chi connectivity index (χ0) is 16.7. The molecule has 23 heavy (non-hydrogen) atoms. The number of nitrogens with one attached hydrogen (secondary N) is 1. The van der Waals surface area contributed by atoms with Gasteiger partial charge in [0.05, 0.1) is 0 Å². The molecule has 3 aromatic rings. The van der Waals surface area contributed by atoms with E-state index in [4.69, 9.17) is 5.41 Å². The van der Waals surface area contributed by atoms with Crippen LogP contribution in [0.4, 0.5) is 0 Å². The van der Waals surface area contributed by atoms with Crippen molar-refractivity contribution in [3.63, 3.8) is 0 Å². The van der Waals surface area contributed by atoms with Crippen LogP contribution in [-0.4, -0.2) is 10.8 Å². The molecule has 0 unspecified atom stereocenters. The standard InChI is InChI=1S/C21H24N2/c1-13-14(2)16(4)20(17(5)15(13)3)12-23-10-9-19-18(11-22)7-6-8-21(19)23/h6-11,22H,12H2,1-5H3. The minimum absolute atomic E-state index is 0.880. The summed E-state index contributed by atoms with van der Waals surface area (Å²) >= 11 is 0. The summed E-state index contributed by atoms with van der Waals surface area (Å²) in [5.74, 6) is 0. The lowest BCUT2D eigenvalue weighted by molar-refractivity contribution is 0.818. The van der Waals surface area contributed by atoms with Crippen molar-refractivity contribution in [2.75, 3.05) is 0 Å². The Hall–Kier alpha value is -2.35. The van der Waals surface area contributed by atoms with E-state index in [0.29, 0.717) is 0 Å². The van der Waals surface area contributed by atoms with Gasteiger partial charge in [0.15, 0.2) is 0 Å². The fraction of sp³-hybridized carbons (Fsp3) is 0.286. The molecule has 0 aliphatic rings. The lowest BCUT2D eigenvalue weighted by Gasteiger charge is -2.19. The van der Waals surface area contributed by atoms with E-state index in [0.717, 1.165) is 17.5 Å². The van der Waals surface area contributed by atoms with Crippen LogP contribution in [-0.2, 0) is 6.54 Å². The first-order chi connectivity index (χ1) is 11.0. The van der Waals surface area contributed by atoms with E-state index >= 15 is 0 Å². The molecule has 0 atom stereocenters. The van der Waals surface area contributed by atoms with Crippen LogP contribution in [0.1, 0.15) is 38.9 Å². The van der Waals surface area contributed by atoms with Crippen molar-refractivity contribution in [3.05, 3.63) is 69.4 Å². The van der Waals surface area contributed by atoms with E-state index in [9.17, 15) is 0 Å². The van der Waals surface area contributed by atoms with Gasteiger partial charge in [0.2, 0.25) is 0 Å². The van der Waals surface area contributed by atoms with Crippen molar-refractivity contribution in [1.82, 2.24) is 4.57 Å². The monoisotopic (exact) mass is 304 g/mol. The Labute approximate surface area is 138 Å². The minimum atomic E-state index is 0.880. The molecule has 0 saturated carbocycles. The van der Waals surface area contributed by atoms with Gasteiger partial charge in [-0.25, -0.2) is 0 Å². The van der Waals surface area contributed by atoms with E-state index in [1.807, 2.05) is 12.1 Å². The second-order valence-corrected chi connectivity index (χ2v) is 6.47. The molecular weight excluding hydrogens is 280 g/mol. The first-order valence-corrected chi connectivity index (χ1v) is 8.09. The summed E-state index contributed by atoms with van der Waals surface area (Å²) in [6.07, 6.45) is 3.57. The van der Waals surface area contributed by atoms with Crippen LogP contribution in [0.2, 0.25) is 0 Å². The topological polar surface area (TPSA) is 28.8 Å². The van der Waals surface area contributed by atoms with Gasteiger partial charge < -0.3 is 9.98 Å². The molecule has 2 aromatic carbocycles. The Kier molecular flexibility index (Phi) is 3.85. The zero-order valence-corrected chi connectivity index (χ0v) is 14.6. The summed E-state index contributed by atoms with van der Waals surface area (Å²) in [6.45, 7) is 12.0. The second kappa shape index (κ2) is 5.69. The summed E-state index contributed by atoms with van der Waals surface area (Å²) in [5, 5.41) is 8.72. The lowest BCUT2D eigenvalue weighted by atomic mass is 9.89. The van der Waals surface area contributed by atoms with Crippen molar-refractivity contribution in [1.29, 1.82) is 5.41 Å². The summed E-state index contributed by atoms with van der Waals surface area (Å²) < 4.78 is 2.30. The Bertz CT molecular complexity index is 884. The van der Waals surface area contributed by atoms with Crippen LogP contribution in [0.5, 0.6) is 0 Å². The Morgan fingerprint density at radius 1 is 0.870 bits per heavy atom. The third-order valence-electron chi connectivity index (χ3n) is 5.49. The Balaban J connectivity index is 2.16. The van der Waals surface area contributed by atoms with Gasteiger partial charge in [0.1, 0.15) is 0 Å². The third kappa shape index (κ3) is 2.39. The van der Waals surface area contributed by atoms with Crippen molar-refractivity contribution in [2.45, 2.75) is 41.2 Å². The number of hydrogen-bond donors (Lipinski definition) is 1. The highest BCUT2D eigenvalue weighted by Gasteiger charge is 2.13. The number of aromatic nitrogens is 1. The van der Waals surface area contributed by atoms with Gasteiger partial charge in [-0.15, -0.1) is 0 Å². The predicted octanol–water partition coefficient (Wildman–Crippen LogP) is 5.23. The summed E-state index contributed by atoms with van der Waals surface area (Å²) in [4.78, 5) is 0. The van der Waals surface area contributed by atoms with Gasteiger partial charge in [0.25, 0.3) is 0 Å². The SMILES string of the molecule is Cc1c(C)c(C)c(Cn2ccc3c(C=N)cccc32)c(C)c1C. The highest BCUT2D eigenvalue weighted by atomic mass is 15.0. The zero-order valence-electron chi connectivity index (χ0n) is 14.6. The molecular formula is C21H24N2. The molecule has 1 N–H and O–H groups in total. The molecule has 0 saturated heterocycles. The number of rotatable bonds is 3. The van der Waals surface area contributed by atoms with Crippen molar-refractivity contribution in [3.8, 4) is 0 Å². The lowest BCUT2D eigenvalue weighted by Crippen LogP contribution is -2.07. The van der Waals surface area contributed by atoms with Crippen molar-refractivity contribution >= 4 is 17.1 Å². The Morgan fingerprint density at radius 3 is 2.09 bits per heavy atom. The fourth-order valence-electron chi connectivity index (χ4n) is 3.50. The minimum Gasteiger partial charge on any atom is -0.343 e. The fourth-order valence-corrected chi connectivity index (χ4v) is 3.50. The maximum Gasteiger partial charge on any atom is 0.0490 e. The molecule has 0 bridgehead atoms. The molecule has 1 aromatic heterocycles. The average molecular weight is 304 g/mol. The molecule has 0 spiro atoms.